The number of hydrogen-bond acceptors (Lipinski definition) is 6. The lowest BCUT2D eigenvalue weighted by atomic mass is 10.1. The minimum atomic E-state index is -0.106. The average Bonchev–Trinajstić information content (AvgIpc) is 3.21. The molecular weight excluding hydrogens is 422 g/mol. The maximum absolute atomic E-state index is 12.6. The molecule has 0 aliphatic rings. The molecule has 0 fully saturated rings. The van der Waals surface area contributed by atoms with Gasteiger partial charge in [-0.25, -0.2) is 0 Å². The summed E-state index contributed by atoms with van der Waals surface area (Å²) in [6.45, 7) is 4.02. The predicted octanol–water partition coefficient (Wildman–Crippen LogP) is 4.69. The molecular formula is C24H23N5O2S. The van der Waals surface area contributed by atoms with Crippen LogP contribution in [0.4, 0.5) is 5.69 Å². The van der Waals surface area contributed by atoms with Crippen LogP contribution in [0, 0.1) is 13.8 Å². The Kier molecular flexibility index (Phi) is 6.51. The molecule has 2 heterocycles. The quantitative estimate of drug-likeness (QED) is 0.416. The molecule has 1 amide bonds. The molecule has 32 heavy (non-hydrogen) atoms. The van der Waals surface area contributed by atoms with E-state index in [1.165, 1.54) is 11.8 Å². The smallest absolute Gasteiger partial charge is 0.234 e. The third-order valence-corrected chi connectivity index (χ3v) is 5.65. The Hall–Kier alpha value is -3.65. The molecule has 0 aliphatic heterocycles. The summed E-state index contributed by atoms with van der Waals surface area (Å²) in [5.41, 5.74) is 4.72. The van der Waals surface area contributed by atoms with Gasteiger partial charge in [0.25, 0.3) is 0 Å². The summed E-state index contributed by atoms with van der Waals surface area (Å²) in [6, 6.07) is 17.4. The van der Waals surface area contributed by atoms with Crippen LogP contribution in [0.25, 0.3) is 17.1 Å². The van der Waals surface area contributed by atoms with Crippen molar-refractivity contribution < 1.29 is 9.53 Å². The molecule has 1 N–H and O–H groups in total. The van der Waals surface area contributed by atoms with E-state index in [-0.39, 0.29) is 11.7 Å². The summed E-state index contributed by atoms with van der Waals surface area (Å²) < 4.78 is 7.31. The summed E-state index contributed by atoms with van der Waals surface area (Å²) in [5.74, 6) is 1.48. The van der Waals surface area contributed by atoms with Crippen molar-refractivity contribution in [3.8, 4) is 22.8 Å². The van der Waals surface area contributed by atoms with E-state index in [9.17, 15) is 4.79 Å². The molecule has 0 saturated carbocycles. The van der Waals surface area contributed by atoms with Gasteiger partial charge in [-0.15, -0.1) is 10.2 Å². The lowest BCUT2D eigenvalue weighted by molar-refractivity contribution is -0.113. The van der Waals surface area contributed by atoms with Crippen molar-refractivity contribution in [2.24, 2.45) is 0 Å². The van der Waals surface area contributed by atoms with Gasteiger partial charge in [0.05, 0.1) is 18.6 Å². The largest absolute Gasteiger partial charge is 0.497 e. The van der Waals surface area contributed by atoms with Crippen LogP contribution >= 0.6 is 11.8 Å². The van der Waals surface area contributed by atoms with Crippen LogP contribution in [-0.4, -0.2) is 38.5 Å². The van der Waals surface area contributed by atoms with Crippen LogP contribution in [0.3, 0.4) is 0 Å². The number of aromatic nitrogens is 4. The van der Waals surface area contributed by atoms with Crippen LogP contribution in [0.2, 0.25) is 0 Å². The van der Waals surface area contributed by atoms with Gasteiger partial charge in [-0.3, -0.25) is 14.3 Å². The van der Waals surface area contributed by atoms with Gasteiger partial charge in [0.2, 0.25) is 5.91 Å². The van der Waals surface area contributed by atoms with E-state index in [1.54, 1.807) is 19.5 Å². The molecule has 0 spiro atoms. The fourth-order valence-corrected chi connectivity index (χ4v) is 4.16. The third kappa shape index (κ3) is 4.97. The number of pyridine rings is 1. The Bertz CT molecular complexity index is 1220. The van der Waals surface area contributed by atoms with Crippen molar-refractivity contribution in [1.82, 2.24) is 19.7 Å². The van der Waals surface area contributed by atoms with Gasteiger partial charge in [0, 0.05) is 29.7 Å². The standard InChI is InChI=1S/C24H23N5O2S/c1-16-11-17(2)13-19(12-16)26-22(30)15-32-24-28-27-23(18-7-9-25-10-8-18)29(24)20-5-4-6-21(14-20)31-3/h4-14H,15H2,1-3H3,(H,26,30). The number of anilines is 1. The molecule has 8 heteroatoms. The van der Waals surface area contributed by atoms with E-state index in [4.69, 9.17) is 4.74 Å². The Morgan fingerprint density at radius 3 is 2.50 bits per heavy atom. The van der Waals surface area contributed by atoms with E-state index in [1.807, 2.05) is 66.9 Å². The normalized spacial score (nSPS) is 10.7. The topological polar surface area (TPSA) is 81.9 Å². The zero-order valence-corrected chi connectivity index (χ0v) is 18.9. The Balaban J connectivity index is 1.61. The number of nitrogens with one attached hydrogen (secondary N) is 1. The van der Waals surface area contributed by atoms with Crippen LogP contribution in [-0.2, 0) is 4.79 Å². The van der Waals surface area contributed by atoms with Crippen molar-refractivity contribution in [2.75, 3.05) is 18.2 Å². The second-order valence-electron chi connectivity index (χ2n) is 7.29. The fraction of sp³-hybridized carbons (Fsp3) is 0.167. The van der Waals surface area contributed by atoms with Crippen molar-refractivity contribution in [2.45, 2.75) is 19.0 Å². The zero-order chi connectivity index (χ0) is 22.5. The molecule has 0 atom stereocenters. The van der Waals surface area contributed by atoms with Crippen LogP contribution < -0.4 is 10.1 Å². The molecule has 4 aromatic rings. The van der Waals surface area contributed by atoms with E-state index >= 15 is 0 Å². The minimum Gasteiger partial charge on any atom is -0.497 e. The van der Waals surface area contributed by atoms with Crippen molar-refractivity contribution in [3.05, 3.63) is 78.1 Å². The minimum absolute atomic E-state index is 0.106. The van der Waals surface area contributed by atoms with Crippen LogP contribution in [0.15, 0.2) is 72.1 Å². The lowest BCUT2D eigenvalue weighted by Gasteiger charge is -2.12. The fourth-order valence-electron chi connectivity index (χ4n) is 3.41. The number of thioether (sulfide) groups is 1. The highest BCUT2D eigenvalue weighted by Gasteiger charge is 2.18. The highest BCUT2D eigenvalue weighted by Crippen LogP contribution is 2.29. The lowest BCUT2D eigenvalue weighted by Crippen LogP contribution is -2.14. The number of benzene rings is 2. The maximum Gasteiger partial charge on any atom is 0.234 e. The molecule has 2 aromatic carbocycles. The average molecular weight is 446 g/mol. The molecule has 0 aliphatic carbocycles. The molecule has 4 rings (SSSR count). The maximum atomic E-state index is 12.6. The monoisotopic (exact) mass is 445 g/mol. The first kappa shape index (κ1) is 21.6. The van der Waals surface area contributed by atoms with Gasteiger partial charge in [-0.2, -0.15) is 0 Å². The van der Waals surface area contributed by atoms with E-state index in [2.05, 4.69) is 26.6 Å². The summed E-state index contributed by atoms with van der Waals surface area (Å²) in [7, 11) is 1.63. The number of hydrogen-bond donors (Lipinski definition) is 1. The molecule has 162 valence electrons. The molecule has 2 aromatic heterocycles. The second-order valence-corrected chi connectivity index (χ2v) is 8.23. The van der Waals surface area contributed by atoms with Crippen LogP contribution in [0.1, 0.15) is 11.1 Å². The van der Waals surface area contributed by atoms with Crippen molar-refractivity contribution >= 4 is 23.4 Å². The number of amides is 1. The first-order valence-corrected chi connectivity index (χ1v) is 11.0. The summed E-state index contributed by atoms with van der Waals surface area (Å²) in [4.78, 5) is 16.7. The van der Waals surface area contributed by atoms with E-state index in [0.29, 0.717) is 11.0 Å². The van der Waals surface area contributed by atoms with Gasteiger partial charge in [0.15, 0.2) is 11.0 Å². The molecule has 0 radical (unpaired) electrons. The number of nitrogens with zero attached hydrogens (tertiary/aromatic N) is 4. The Labute approximate surface area is 190 Å². The second kappa shape index (κ2) is 9.65. The summed E-state index contributed by atoms with van der Waals surface area (Å²) in [6.07, 6.45) is 3.42. The van der Waals surface area contributed by atoms with Crippen molar-refractivity contribution in [1.29, 1.82) is 0 Å². The summed E-state index contributed by atoms with van der Waals surface area (Å²) >= 11 is 1.33. The highest BCUT2D eigenvalue weighted by molar-refractivity contribution is 7.99. The number of carbonyl (C=O) groups is 1. The summed E-state index contributed by atoms with van der Waals surface area (Å²) in [5, 5.41) is 12.3. The Morgan fingerprint density at radius 2 is 1.78 bits per heavy atom. The molecule has 0 bridgehead atoms. The number of carbonyl (C=O) groups excluding carboxylic acids is 1. The number of rotatable bonds is 7. The molecule has 0 saturated heterocycles. The molecule has 0 unspecified atom stereocenters. The van der Waals surface area contributed by atoms with E-state index in [0.717, 1.165) is 33.8 Å². The third-order valence-electron chi connectivity index (χ3n) is 4.72. The first-order chi connectivity index (χ1) is 15.5. The highest BCUT2D eigenvalue weighted by atomic mass is 32.2. The number of aryl methyl sites for hydroxylation is 2. The van der Waals surface area contributed by atoms with Gasteiger partial charge < -0.3 is 10.1 Å². The van der Waals surface area contributed by atoms with E-state index < -0.39 is 0 Å². The predicted molar refractivity (Wildman–Crippen MR) is 126 cm³/mol. The van der Waals surface area contributed by atoms with Crippen molar-refractivity contribution in [3.63, 3.8) is 0 Å². The zero-order valence-electron chi connectivity index (χ0n) is 18.1. The van der Waals surface area contributed by atoms with Gasteiger partial charge in [-0.05, 0) is 61.4 Å². The SMILES string of the molecule is COc1cccc(-n2c(SCC(=O)Nc3cc(C)cc(C)c3)nnc2-c2ccncc2)c1. The van der Waals surface area contributed by atoms with Gasteiger partial charge >= 0.3 is 0 Å². The first-order valence-electron chi connectivity index (χ1n) is 10.0. The van der Waals surface area contributed by atoms with Gasteiger partial charge in [-0.1, -0.05) is 23.9 Å². The number of methoxy groups -OCH3 is 1. The molecule has 7 nitrogen and oxygen atoms in total. The van der Waals surface area contributed by atoms with Gasteiger partial charge in [0.1, 0.15) is 5.75 Å². The Morgan fingerprint density at radius 1 is 1.03 bits per heavy atom. The van der Waals surface area contributed by atoms with Crippen LogP contribution in [0.5, 0.6) is 5.75 Å². The number of ether oxygens (including phenoxy) is 1.